The van der Waals surface area contributed by atoms with E-state index >= 15 is 8.78 Å². The largest absolute Gasteiger partial charge is 0.496 e. The third-order valence-electron chi connectivity index (χ3n) is 8.71. The maximum absolute atomic E-state index is 16.5. The number of hydrogen-bond donors (Lipinski definition) is 0. The van der Waals surface area contributed by atoms with E-state index in [1.807, 2.05) is 11.9 Å². The number of halogens is 3. The number of benzene rings is 2. The summed E-state index contributed by atoms with van der Waals surface area (Å²) in [6, 6.07) is 11.5. The van der Waals surface area contributed by atoms with Crippen molar-refractivity contribution in [2.45, 2.75) is 31.3 Å². The Kier molecular flexibility index (Phi) is 9.93. The zero-order chi connectivity index (χ0) is 33.8. The summed E-state index contributed by atoms with van der Waals surface area (Å²) in [6.07, 6.45) is 5.80. The van der Waals surface area contributed by atoms with Crippen LogP contribution in [0, 0.1) is 17.1 Å². The number of aromatic nitrogens is 4. The number of nitrogens with zero attached hydrogens (tertiary/aromatic N) is 8. The lowest BCUT2D eigenvalue weighted by molar-refractivity contribution is -0.131. The Labute approximate surface area is 281 Å². The number of hydrogen-bond acceptors (Lipinski definition) is 10. The van der Waals surface area contributed by atoms with Crippen LogP contribution >= 0.6 is 11.6 Å². The Morgan fingerprint density at radius 2 is 1.94 bits per heavy atom. The molecule has 0 aliphatic carbocycles. The number of piperazine rings is 1. The van der Waals surface area contributed by atoms with Gasteiger partial charge in [-0.15, -0.1) is 0 Å². The summed E-state index contributed by atoms with van der Waals surface area (Å²) < 4.78 is 43.2. The fourth-order valence-corrected chi connectivity index (χ4v) is 6.36. The summed E-state index contributed by atoms with van der Waals surface area (Å²) in [5.74, 6) is -1.65. The summed E-state index contributed by atoms with van der Waals surface area (Å²) >= 11 is 6.28. The molecule has 6 rings (SSSR count). The first-order chi connectivity index (χ1) is 23.3. The topological polar surface area (TPSA) is 121 Å². The van der Waals surface area contributed by atoms with Crippen LogP contribution in [0.5, 0.6) is 11.8 Å². The maximum atomic E-state index is 16.5. The van der Waals surface area contributed by atoms with Gasteiger partial charge in [0.25, 0.3) is 5.91 Å². The Morgan fingerprint density at radius 1 is 1.12 bits per heavy atom. The Morgan fingerprint density at radius 3 is 2.67 bits per heavy atom. The smallest absolute Gasteiger partial charge is 0.319 e. The summed E-state index contributed by atoms with van der Waals surface area (Å²) in [5.41, 5.74) is 0.716. The predicted molar refractivity (Wildman–Crippen MR) is 177 cm³/mol. The highest BCUT2D eigenvalue weighted by Crippen LogP contribution is 2.39. The van der Waals surface area contributed by atoms with Crippen LogP contribution in [0.15, 0.2) is 54.6 Å². The molecule has 0 saturated carbocycles. The highest BCUT2D eigenvalue weighted by atomic mass is 35.5. The molecule has 0 N–H and O–H groups in total. The summed E-state index contributed by atoms with van der Waals surface area (Å²) in [4.78, 5) is 35.7. The molecule has 0 bridgehead atoms. The number of rotatable bonds is 9. The molecule has 2 aliphatic heterocycles. The lowest BCUT2D eigenvalue weighted by Crippen LogP contribution is -2.55. The van der Waals surface area contributed by atoms with Gasteiger partial charge in [-0.3, -0.25) is 4.79 Å². The minimum atomic E-state index is -1.04. The van der Waals surface area contributed by atoms with E-state index in [1.54, 1.807) is 36.4 Å². The number of carbonyl (C=O) groups is 1. The van der Waals surface area contributed by atoms with Crippen molar-refractivity contribution < 1.29 is 23.0 Å². The van der Waals surface area contributed by atoms with Crippen LogP contribution in [0.25, 0.3) is 28.1 Å². The standard InChI is InChI=1S/C34H33ClF2N8O3/c1-43-14-3-5-23(43)20-48-34-41-31-25(8-7-24(30(31)37)26-17-21(35)6-9-28(26)47-2)32(42-34)44-15-16-45(22(19-44)10-11-38)33(46)27(36)18-29-39-12-4-13-40-29/h4,6-9,12-13,17-18,22-23H,3,5,10,14-16,19-20H2,1-2H3/b27-18-/t22-,23?/m0/s1. The third-order valence-corrected chi connectivity index (χ3v) is 8.95. The number of amides is 1. The second-order valence-corrected chi connectivity index (χ2v) is 12.1. The Balaban J connectivity index is 1.37. The molecule has 2 aromatic carbocycles. The summed E-state index contributed by atoms with van der Waals surface area (Å²) in [7, 11) is 3.52. The van der Waals surface area contributed by atoms with Crippen molar-refractivity contribution in [2.24, 2.45) is 0 Å². The van der Waals surface area contributed by atoms with Crippen LogP contribution < -0.4 is 14.4 Å². The molecule has 2 aromatic heterocycles. The van der Waals surface area contributed by atoms with Gasteiger partial charge in [-0.25, -0.2) is 18.7 Å². The van der Waals surface area contributed by atoms with E-state index in [1.165, 1.54) is 24.4 Å². The molecule has 2 atom stereocenters. The number of nitriles is 1. The first-order valence-electron chi connectivity index (χ1n) is 15.5. The molecule has 2 saturated heterocycles. The van der Waals surface area contributed by atoms with Gasteiger partial charge in [-0.2, -0.15) is 15.2 Å². The van der Waals surface area contributed by atoms with Gasteiger partial charge >= 0.3 is 6.01 Å². The van der Waals surface area contributed by atoms with Crippen LogP contribution in [-0.2, 0) is 4.79 Å². The first kappa shape index (κ1) is 33.0. The van der Waals surface area contributed by atoms with Crippen molar-refractivity contribution in [3.63, 3.8) is 0 Å². The molecule has 1 amide bonds. The third kappa shape index (κ3) is 6.86. The molecular formula is C34H33ClF2N8O3. The van der Waals surface area contributed by atoms with Gasteiger partial charge in [0, 0.05) is 65.7 Å². The number of fused-ring (bicyclic) bond motifs is 1. The quantitative estimate of drug-likeness (QED) is 0.216. The monoisotopic (exact) mass is 674 g/mol. The van der Waals surface area contributed by atoms with Crippen molar-refractivity contribution in [3.05, 3.63) is 71.3 Å². The number of likely N-dealkylation sites (tertiary alicyclic amines) is 1. The van der Waals surface area contributed by atoms with Gasteiger partial charge in [0.1, 0.15) is 23.7 Å². The normalized spacial score (nSPS) is 18.6. The number of methoxy groups -OCH3 is 1. The van der Waals surface area contributed by atoms with E-state index in [0.717, 1.165) is 25.5 Å². The second-order valence-electron chi connectivity index (χ2n) is 11.6. The van der Waals surface area contributed by atoms with Gasteiger partial charge in [0.2, 0.25) is 0 Å². The van der Waals surface area contributed by atoms with E-state index < -0.39 is 23.6 Å². The summed E-state index contributed by atoms with van der Waals surface area (Å²) in [5, 5.41) is 10.5. The van der Waals surface area contributed by atoms with E-state index in [4.69, 9.17) is 26.1 Å². The lowest BCUT2D eigenvalue weighted by atomic mass is 10.0. The van der Waals surface area contributed by atoms with E-state index in [2.05, 4.69) is 25.9 Å². The number of likely N-dealkylation sites (N-methyl/N-ethyl adjacent to an activating group) is 1. The van der Waals surface area contributed by atoms with Crippen LogP contribution in [0.1, 0.15) is 25.1 Å². The molecule has 4 aromatic rings. The SMILES string of the molecule is COc1ccc(Cl)cc1-c1ccc2c(N3CCN(C(=O)/C(F)=C/c4ncccn4)[C@@H](CC#N)C3)nc(OCC3CCCN3C)nc2c1F. The van der Waals surface area contributed by atoms with Gasteiger partial charge < -0.3 is 24.2 Å². The van der Waals surface area contributed by atoms with Gasteiger partial charge in [0.05, 0.1) is 25.6 Å². The van der Waals surface area contributed by atoms with Crippen molar-refractivity contribution >= 4 is 40.3 Å². The van der Waals surface area contributed by atoms with E-state index in [0.29, 0.717) is 34.1 Å². The average Bonchev–Trinajstić information content (AvgIpc) is 3.51. The van der Waals surface area contributed by atoms with Crippen molar-refractivity contribution in [3.8, 4) is 29.0 Å². The van der Waals surface area contributed by atoms with E-state index in [-0.39, 0.29) is 55.0 Å². The molecule has 2 aliphatic rings. The highest BCUT2D eigenvalue weighted by molar-refractivity contribution is 6.31. The van der Waals surface area contributed by atoms with Crippen LogP contribution in [-0.4, -0.2) is 94.7 Å². The highest BCUT2D eigenvalue weighted by Gasteiger charge is 2.34. The Hall–Kier alpha value is -4.93. The van der Waals surface area contributed by atoms with Crippen LogP contribution in [0.3, 0.4) is 0 Å². The molecule has 2 fully saturated rings. The van der Waals surface area contributed by atoms with Crippen molar-refractivity contribution in [2.75, 3.05) is 51.8 Å². The second kappa shape index (κ2) is 14.5. The summed E-state index contributed by atoms with van der Waals surface area (Å²) in [6.45, 7) is 1.72. The minimum absolute atomic E-state index is 0.000845. The first-order valence-corrected chi connectivity index (χ1v) is 15.9. The maximum Gasteiger partial charge on any atom is 0.319 e. The predicted octanol–water partition coefficient (Wildman–Crippen LogP) is 5.30. The molecule has 4 heterocycles. The van der Waals surface area contributed by atoms with E-state index in [9.17, 15) is 10.1 Å². The van der Waals surface area contributed by atoms with Crippen molar-refractivity contribution in [1.82, 2.24) is 29.7 Å². The molecular weight excluding hydrogens is 642 g/mol. The fraction of sp³-hybridized carbons (Fsp3) is 0.353. The molecule has 11 nitrogen and oxygen atoms in total. The number of ether oxygens (including phenoxy) is 2. The lowest BCUT2D eigenvalue weighted by Gasteiger charge is -2.41. The number of anilines is 1. The van der Waals surface area contributed by atoms with Crippen LogP contribution in [0.2, 0.25) is 5.02 Å². The van der Waals surface area contributed by atoms with Crippen molar-refractivity contribution in [1.29, 1.82) is 5.26 Å². The zero-order valence-corrected chi connectivity index (χ0v) is 27.2. The molecule has 0 spiro atoms. The van der Waals surface area contributed by atoms with Gasteiger partial charge in [0.15, 0.2) is 17.5 Å². The molecule has 14 heteroatoms. The Bertz CT molecular complexity index is 1890. The minimum Gasteiger partial charge on any atom is -0.496 e. The average molecular weight is 675 g/mol. The van der Waals surface area contributed by atoms with Crippen LogP contribution in [0.4, 0.5) is 14.6 Å². The van der Waals surface area contributed by atoms with Gasteiger partial charge in [-0.05, 0) is 56.8 Å². The zero-order valence-electron chi connectivity index (χ0n) is 26.4. The molecule has 48 heavy (non-hydrogen) atoms. The molecule has 248 valence electrons. The number of carbonyl (C=O) groups excluding carboxylic acids is 1. The molecule has 1 unspecified atom stereocenters. The molecule has 0 radical (unpaired) electrons. The fourth-order valence-electron chi connectivity index (χ4n) is 6.18. The van der Waals surface area contributed by atoms with Gasteiger partial charge in [-0.1, -0.05) is 17.7 Å².